The van der Waals surface area contributed by atoms with Gasteiger partial charge in [-0.25, -0.2) is 13.2 Å². The maximum atomic E-state index is 15.6. The Morgan fingerprint density at radius 3 is 2.07 bits per heavy atom. The number of hydrogen-bond acceptors (Lipinski definition) is 9. The molecule has 1 atom stereocenters. The Morgan fingerprint density at radius 2 is 1.45 bits per heavy atom. The maximum absolute atomic E-state index is 15.6. The number of nitrogens with one attached hydrogen (secondary N) is 1. The number of alkyl halides is 3. The fourth-order valence-electron chi connectivity index (χ4n) is 9.66. The molecule has 3 amide bonds. The van der Waals surface area contributed by atoms with Crippen LogP contribution in [0.5, 0.6) is 5.75 Å². The van der Waals surface area contributed by atoms with Crippen molar-refractivity contribution in [3.05, 3.63) is 81.7 Å². The molecule has 3 aromatic carbocycles. The summed E-state index contributed by atoms with van der Waals surface area (Å²) < 4.78 is 92.6. The van der Waals surface area contributed by atoms with E-state index < -0.39 is 52.6 Å². The summed E-state index contributed by atoms with van der Waals surface area (Å²) in [6.07, 6.45) is -2.46. The van der Waals surface area contributed by atoms with E-state index in [4.69, 9.17) is 10.00 Å². The summed E-state index contributed by atoms with van der Waals surface area (Å²) in [6, 6.07) is 9.35. The third kappa shape index (κ3) is 7.93. The van der Waals surface area contributed by atoms with Crippen LogP contribution in [0.2, 0.25) is 0 Å². The van der Waals surface area contributed by atoms with Crippen molar-refractivity contribution >= 4 is 34.8 Å². The fraction of sp³-hybridized carbons (Fsp3) is 0.488. The highest BCUT2D eigenvalue weighted by Crippen LogP contribution is 2.41. The number of halogens is 6. The first-order valence-corrected chi connectivity index (χ1v) is 20.4. The van der Waals surface area contributed by atoms with Crippen molar-refractivity contribution in [2.75, 3.05) is 80.7 Å². The van der Waals surface area contributed by atoms with E-state index in [0.29, 0.717) is 36.0 Å². The molecule has 0 saturated carbocycles. The summed E-state index contributed by atoms with van der Waals surface area (Å²) in [5.74, 6) is -3.62. The normalized spacial score (nSPS) is 21.0. The zero-order valence-corrected chi connectivity index (χ0v) is 33.1. The van der Waals surface area contributed by atoms with Crippen LogP contribution in [-0.4, -0.2) is 99.6 Å². The predicted octanol–water partition coefficient (Wildman–Crippen LogP) is 6.19. The third-order valence-corrected chi connectivity index (χ3v) is 12.9. The lowest BCUT2D eigenvalue weighted by Crippen LogP contribution is -2.52. The van der Waals surface area contributed by atoms with Crippen LogP contribution in [0.15, 0.2) is 36.4 Å². The Bertz CT molecular complexity index is 2200. The molecule has 17 heteroatoms. The van der Waals surface area contributed by atoms with Crippen molar-refractivity contribution in [1.82, 2.24) is 15.1 Å². The second-order valence-corrected chi connectivity index (χ2v) is 16.3. The number of fused-ring (bicyclic) bond motifs is 1. The lowest BCUT2D eigenvalue weighted by Gasteiger charge is -2.40. The number of rotatable bonds is 8. The highest BCUT2D eigenvalue weighted by molar-refractivity contribution is 6.06. The average molecular weight is 838 g/mol. The predicted molar refractivity (Wildman–Crippen MR) is 209 cm³/mol. The van der Waals surface area contributed by atoms with Crippen LogP contribution in [0.25, 0.3) is 0 Å². The van der Waals surface area contributed by atoms with E-state index in [1.807, 2.05) is 17.0 Å². The van der Waals surface area contributed by atoms with Gasteiger partial charge in [-0.05, 0) is 79.8 Å². The Morgan fingerprint density at radius 1 is 0.817 bits per heavy atom. The second-order valence-electron chi connectivity index (χ2n) is 16.3. The molecular weight excluding hydrogens is 793 g/mol. The molecule has 11 nitrogen and oxygen atoms in total. The van der Waals surface area contributed by atoms with Gasteiger partial charge in [-0.3, -0.25) is 24.6 Å². The van der Waals surface area contributed by atoms with E-state index >= 15 is 13.2 Å². The Kier molecular flexibility index (Phi) is 11.4. The van der Waals surface area contributed by atoms with Gasteiger partial charge >= 0.3 is 6.18 Å². The number of benzene rings is 3. The smallest absolute Gasteiger partial charge is 0.420 e. The van der Waals surface area contributed by atoms with Crippen molar-refractivity contribution in [2.45, 2.75) is 63.2 Å². The fourth-order valence-corrected chi connectivity index (χ4v) is 9.66. The van der Waals surface area contributed by atoms with Gasteiger partial charge in [-0.15, -0.1) is 0 Å². The Labute approximate surface area is 343 Å². The molecule has 0 spiro atoms. The van der Waals surface area contributed by atoms with E-state index in [0.717, 1.165) is 68.9 Å². The number of hydrogen-bond donors (Lipinski definition) is 1. The van der Waals surface area contributed by atoms with Crippen molar-refractivity contribution in [3.63, 3.8) is 0 Å². The van der Waals surface area contributed by atoms with Gasteiger partial charge in [0.15, 0.2) is 5.82 Å². The average Bonchev–Trinajstić information content (AvgIpc) is 3.55. The molecule has 5 aliphatic rings. The summed E-state index contributed by atoms with van der Waals surface area (Å²) in [7, 11) is 1.52. The van der Waals surface area contributed by atoms with Gasteiger partial charge < -0.3 is 24.3 Å². The highest BCUT2D eigenvalue weighted by Gasteiger charge is 2.42. The minimum Gasteiger partial charge on any atom is -0.496 e. The van der Waals surface area contributed by atoms with Crippen LogP contribution >= 0.6 is 0 Å². The highest BCUT2D eigenvalue weighted by atomic mass is 19.4. The zero-order chi connectivity index (χ0) is 42.5. The van der Waals surface area contributed by atoms with Gasteiger partial charge in [-0.1, -0.05) is 0 Å². The molecular formula is C43H45F6N7O4. The third-order valence-electron chi connectivity index (χ3n) is 12.9. The van der Waals surface area contributed by atoms with E-state index in [1.165, 1.54) is 35.1 Å². The standard InChI is InChI=1S/C43H45F6N7O4/c1-60-35-21-29(18-28-24-56(42(59)38(28)35)34-4-5-36(57)51-41(34)58)54-16-14-52(15-17-54)23-25-6-10-53(11-7-25)30-19-31(44)37(32(45)20-30)26-8-12-55(13-9-26)33-3-2-27(22-50)39(40(33)46)43(47,48)49/h2-3,18-21,25-26,34H,4-17,23-24H2,1H3,(H,51,57,58). The van der Waals surface area contributed by atoms with Gasteiger partial charge in [0.25, 0.3) is 5.91 Å². The number of piperazine rings is 1. The SMILES string of the molecule is COc1cc(N2CCN(CC3CCN(c4cc(F)c(C5CCN(c6ccc(C#N)c(C(F)(F)F)c6F)CC5)c(F)c4)CC3)CC2)cc2c1C(=O)N(C1CCC(=O)NC1=O)C2. The number of ether oxygens (including phenoxy) is 1. The number of carbonyl (C=O) groups excluding carboxylic acids is 3. The lowest BCUT2D eigenvalue weighted by atomic mass is 9.87. The second kappa shape index (κ2) is 16.5. The van der Waals surface area contributed by atoms with Crippen molar-refractivity contribution in [2.24, 2.45) is 5.92 Å². The first kappa shape index (κ1) is 41.2. The van der Waals surface area contributed by atoms with Crippen LogP contribution in [0, 0.1) is 34.7 Å². The Balaban J connectivity index is 0.826. The van der Waals surface area contributed by atoms with Crippen molar-refractivity contribution in [3.8, 4) is 11.8 Å². The summed E-state index contributed by atoms with van der Waals surface area (Å²) in [6.45, 7) is 5.80. The van der Waals surface area contributed by atoms with E-state index in [-0.39, 0.29) is 68.4 Å². The minimum absolute atomic E-state index is 0.0651. The molecule has 0 aromatic heterocycles. The molecule has 4 fully saturated rings. The van der Waals surface area contributed by atoms with Crippen molar-refractivity contribution in [1.29, 1.82) is 5.26 Å². The van der Waals surface area contributed by atoms with Gasteiger partial charge in [0.1, 0.15) is 29.0 Å². The summed E-state index contributed by atoms with van der Waals surface area (Å²) >= 11 is 0. The number of carbonyl (C=O) groups is 3. The van der Waals surface area contributed by atoms with E-state index in [9.17, 15) is 27.6 Å². The topological polar surface area (TPSA) is 112 Å². The lowest BCUT2D eigenvalue weighted by molar-refractivity contribution is -0.140. The molecule has 3 aromatic rings. The summed E-state index contributed by atoms with van der Waals surface area (Å²) in [5.41, 5.74) is -0.136. The number of imide groups is 1. The number of amides is 3. The maximum Gasteiger partial charge on any atom is 0.420 e. The van der Waals surface area contributed by atoms with Crippen LogP contribution in [0.1, 0.15) is 77.1 Å². The molecule has 318 valence electrons. The van der Waals surface area contributed by atoms with E-state index in [1.54, 1.807) is 0 Å². The largest absolute Gasteiger partial charge is 0.496 e. The number of methoxy groups -OCH3 is 1. The zero-order valence-electron chi connectivity index (χ0n) is 33.1. The van der Waals surface area contributed by atoms with Gasteiger partial charge in [0, 0.05) is 94.9 Å². The van der Waals surface area contributed by atoms with Crippen LogP contribution in [-0.2, 0) is 22.3 Å². The first-order valence-electron chi connectivity index (χ1n) is 20.4. The molecule has 60 heavy (non-hydrogen) atoms. The number of anilines is 3. The van der Waals surface area contributed by atoms with Crippen molar-refractivity contribution < 1.29 is 45.5 Å². The van der Waals surface area contributed by atoms with Gasteiger partial charge in [0.05, 0.1) is 30.0 Å². The van der Waals surface area contributed by atoms with E-state index in [2.05, 4.69) is 15.1 Å². The molecule has 0 bridgehead atoms. The molecule has 0 radical (unpaired) electrons. The first-order chi connectivity index (χ1) is 28.7. The quantitative estimate of drug-likeness (QED) is 0.210. The monoisotopic (exact) mass is 837 g/mol. The molecule has 8 rings (SSSR count). The minimum atomic E-state index is -5.05. The van der Waals surface area contributed by atoms with Crippen LogP contribution in [0.3, 0.4) is 0 Å². The van der Waals surface area contributed by atoms with Crippen LogP contribution < -0.4 is 24.8 Å². The molecule has 4 saturated heterocycles. The summed E-state index contributed by atoms with van der Waals surface area (Å²) in [5, 5.41) is 11.4. The molecule has 0 aliphatic carbocycles. The molecule has 1 N–H and O–H groups in total. The molecule has 5 aliphatic heterocycles. The number of nitriles is 1. The van der Waals surface area contributed by atoms with Crippen LogP contribution in [0.4, 0.5) is 43.4 Å². The number of piperidine rings is 3. The van der Waals surface area contributed by atoms with Gasteiger partial charge in [0.2, 0.25) is 11.8 Å². The Hall–Kier alpha value is -5.50. The molecule has 5 heterocycles. The summed E-state index contributed by atoms with van der Waals surface area (Å²) in [4.78, 5) is 47.3. The molecule has 1 unspecified atom stereocenters. The number of nitrogens with zero attached hydrogens (tertiary/aromatic N) is 6. The van der Waals surface area contributed by atoms with Gasteiger partial charge in [-0.2, -0.15) is 18.4 Å².